The minimum absolute atomic E-state index is 0.0229. The van der Waals surface area contributed by atoms with Crippen molar-refractivity contribution in [2.24, 2.45) is 11.3 Å². The highest BCUT2D eigenvalue weighted by atomic mass is 35.5. The van der Waals surface area contributed by atoms with Crippen LogP contribution in [-0.4, -0.2) is 83.6 Å². The lowest BCUT2D eigenvalue weighted by Crippen LogP contribution is -2.59. The Labute approximate surface area is 283 Å². The van der Waals surface area contributed by atoms with Gasteiger partial charge in [-0.3, -0.25) is 34.3 Å². The Bertz CT molecular complexity index is 1380. The van der Waals surface area contributed by atoms with Gasteiger partial charge in [-0.25, -0.2) is 0 Å². The van der Waals surface area contributed by atoms with E-state index in [1.165, 1.54) is 30.3 Å². The fourth-order valence-electron chi connectivity index (χ4n) is 6.70. The fourth-order valence-corrected chi connectivity index (χ4v) is 6.89. The molecule has 0 radical (unpaired) electrons. The molecular weight excluding hydrogens is 622 g/mol. The third-order valence-electron chi connectivity index (χ3n) is 9.29. The molecule has 12 heteroatoms. The monoisotopic (exact) mass is 671 g/mol. The summed E-state index contributed by atoms with van der Waals surface area (Å²) < 4.78 is 0. The molecule has 3 N–H and O–H groups in total. The third-order valence-corrected chi connectivity index (χ3v) is 9.53. The van der Waals surface area contributed by atoms with E-state index in [1.54, 1.807) is 12.1 Å². The summed E-state index contributed by atoms with van der Waals surface area (Å²) in [5.41, 5.74) is 2.62. The molecule has 4 amide bonds. The van der Waals surface area contributed by atoms with Crippen molar-refractivity contribution in [2.45, 2.75) is 109 Å². The molecule has 1 aromatic rings. The van der Waals surface area contributed by atoms with Crippen LogP contribution in [-0.2, 0) is 28.8 Å². The summed E-state index contributed by atoms with van der Waals surface area (Å²) in [7, 11) is 2.96. The molecule has 1 saturated carbocycles. The number of likely N-dealkylation sites (tertiary alicyclic amines) is 1. The maximum atomic E-state index is 14.5. The molecule has 1 aliphatic carbocycles. The number of carbonyl (C=O) groups excluding carboxylic acids is 5. The van der Waals surface area contributed by atoms with Crippen molar-refractivity contribution in [1.29, 1.82) is 0 Å². The molecular formula is C35H50ClN5O6. The average Bonchev–Trinajstić information content (AvgIpc) is 3.62. The second kappa shape index (κ2) is 15.2. The highest BCUT2D eigenvalue weighted by Crippen LogP contribution is 2.39. The SMILES string of the molecule is CCC[C@H](NC(=O)[C@@H]1C[C@]2(C=C(c3cccc(Cl)c3)NO2)CN1C(=O)[C@@H](NC(=O)CC1CCCCC1)C(C)(C)C)C(=O)C(=O)N(C)C. The number of nitrogens with zero attached hydrogens (tertiary/aromatic N) is 2. The predicted molar refractivity (Wildman–Crippen MR) is 180 cm³/mol. The second-order valence-corrected chi connectivity index (χ2v) is 14.9. The van der Waals surface area contributed by atoms with Gasteiger partial charge in [0, 0.05) is 37.5 Å². The molecule has 0 bridgehead atoms. The Balaban J connectivity index is 1.64. The minimum atomic E-state index is -1.08. The number of rotatable bonds is 11. The van der Waals surface area contributed by atoms with Crippen molar-refractivity contribution < 1.29 is 28.8 Å². The quantitative estimate of drug-likeness (QED) is 0.303. The number of nitrogens with one attached hydrogen (secondary N) is 3. The highest BCUT2D eigenvalue weighted by Gasteiger charge is 2.54. The molecule has 47 heavy (non-hydrogen) atoms. The molecule has 2 aliphatic heterocycles. The first-order chi connectivity index (χ1) is 22.1. The molecule has 0 aromatic heterocycles. The van der Waals surface area contributed by atoms with Gasteiger partial charge in [0.25, 0.3) is 5.91 Å². The van der Waals surface area contributed by atoms with Crippen molar-refractivity contribution in [3.8, 4) is 0 Å². The van der Waals surface area contributed by atoms with Gasteiger partial charge in [0.05, 0.1) is 18.3 Å². The van der Waals surface area contributed by atoms with E-state index in [4.69, 9.17) is 16.4 Å². The Morgan fingerprint density at radius 3 is 2.43 bits per heavy atom. The number of hydrogen-bond donors (Lipinski definition) is 3. The van der Waals surface area contributed by atoms with Gasteiger partial charge in [-0.1, -0.05) is 77.1 Å². The van der Waals surface area contributed by atoms with Crippen molar-refractivity contribution >= 4 is 46.7 Å². The summed E-state index contributed by atoms with van der Waals surface area (Å²) in [5.74, 6) is -2.31. The topological polar surface area (TPSA) is 137 Å². The molecule has 2 fully saturated rings. The van der Waals surface area contributed by atoms with Crippen molar-refractivity contribution in [2.75, 3.05) is 20.6 Å². The molecule has 258 valence electrons. The van der Waals surface area contributed by atoms with Crippen LogP contribution in [0.15, 0.2) is 30.3 Å². The van der Waals surface area contributed by atoms with Gasteiger partial charge in [0.15, 0.2) is 0 Å². The normalized spacial score (nSPS) is 22.7. The highest BCUT2D eigenvalue weighted by molar-refractivity contribution is 6.38. The number of ketones is 1. The molecule has 1 aromatic carbocycles. The summed E-state index contributed by atoms with van der Waals surface area (Å²) >= 11 is 6.24. The molecule has 1 saturated heterocycles. The first-order valence-corrected chi connectivity index (χ1v) is 17.1. The zero-order chi connectivity index (χ0) is 34.5. The lowest BCUT2D eigenvalue weighted by molar-refractivity contribution is -0.146. The van der Waals surface area contributed by atoms with E-state index in [9.17, 15) is 24.0 Å². The smallest absolute Gasteiger partial charge is 0.291 e. The van der Waals surface area contributed by atoms with Gasteiger partial charge in [0.1, 0.15) is 17.7 Å². The number of likely N-dealkylation sites (N-methyl/N-ethyl adjacent to an activating group) is 1. The van der Waals surface area contributed by atoms with Crippen LogP contribution in [0.25, 0.3) is 5.70 Å². The van der Waals surface area contributed by atoms with Crippen LogP contribution in [0.2, 0.25) is 5.02 Å². The van der Waals surface area contributed by atoms with E-state index in [-0.39, 0.29) is 25.3 Å². The Kier molecular flexibility index (Phi) is 11.8. The second-order valence-electron chi connectivity index (χ2n) is 14.5. The number of halogens is 1. The standard InChI is InChI=1S/C35H50ClN5O6/c1-7-12-25(29(43)32(45)40(5)6)37-31(44)27-20-35(19-26(39-47-35)23-15-11-16-24(36)18-23)21-41(27)33(46)30(34(2,3)4)38-28(42)17-22-13-9-8-10-14-22/h11,15-16,18-19,22,25,27,30,39H,7-10,12-14,17,20-21H2,1-6H3,(H,37,44)(H,38,42)/t25-,27-,30+,35+/m0/s1. The van der Waals surface area contributed by atoms with Crippen LogP contribution in [0.1, 0.15) is 91.0 Å². The van der Waals surface area contributed by atoms with E-state index in [0.29, 0.717) is 29.5 Å². The number of hydrogen-bond acceptors (Lipinski definition) is 7. The number of Topliss-reactive ketones (excluding diaryl/α,β-unsaturated/α-hetero) is 1. The van der Waals surface area contributed by atoms with Gasteiger partial charge in [-0.2, -0.15) is 0 Å². The molecule has 11 nitrogen and oxygen atoms in total. The van der Waals surface area contributed by atoms with Crippen LogP contribution in [0.3, 0.4) is 0 Å². The third kappa shape index (κ3) is 8.93. The lowest BCUT2D eigenvalue weighted by Gasteiger charge is -2.36. The van der Waals surface area contributed by atoms with Gasteiger partial charge >= 0.3 is 0 Å². The van der Waals surface area contributed by atoms with Crippen molar-refractivity contribution in [3.63, 3.8) is 0 Å². The largest absolute Gasteiger partial charge is 0.344 e. The van der Waals surface area contributed by atoms with E-state index >= 15 is 0 Å². The minimum Gasteiger partial charge on any atom is -0.344 e. The van der Waals surface area contributed by atoms with E-state index < -0.39 is 52.6 Å². The molecule has 1 spiro atoms. The number of hydroxylamine groups is 1. The molecule has 2 heterocycles. The van der Waals surface area contributed by atoms with E-state index in [0.717, 1.165) is 31.2 Å². The first-order valence-electron chi connectivity index (χ1n) is 16.7. The summed E-state index contributed by atoms with van der Waals surface area (Å²) in [6.07, 6.45) is 8.48. The Hall–Kier alpha value is -3.44. The fraction of sp³-hybridized carbons (Fsp3) is 0.629. The lowest BCUT2D eigenvalue weighted by atomic mass is 9.84. The Morgan fingerprint density at radius 2 is 1.81 bits per heavy atom. The maximum Gasteiger partial charge on any atom is 0.291 e. The number of benzene rings is 1. The molecule has 4 rings (SSSR count). The first kappa shape index (κ1) is 36.4. The van der Waals surface area contributed by atoms with Crippen LogP contribution < -0.4 is 16.1 Å². The zero-order valence-corrected chi connectivity index (χ0v) is 29.2. The average molecular weight is 672 g/mol. The van der Waals surface area contributed by atoms with Gasteiger partial charge in [-0.15, -0.1) is 0 Å². The van der Waals surface area contributed by atoms with Crippen LogP contribution in [0.4, 0.5) is 0 Å². The summed E-state index contributed by atoms with van der Waals surface area (Å²) in [6, 6.07) is 4.22. The molecule has 0 unspecified atom stereocenters. The van der Waals surface area contributed by atoms with Gasteiger partial charge < -0.3 is 20.4 Å². The van der Waals surface area contributed by atoms with Crippen LogP contribution >= 0.6 is 11.6 Å². The predicted octanol–water partition coefficient (Wildman–Crippen LogP) is 4.00. The zero-order valence-electron chi connectivity index (χ0n) is 28.5. The van der Waals surface area contributed by atoms with Crippen LogP contribution in [0.5, 0.6) is 0 Å². The van der Waals surface area contributed by atoms with Gasteiger partial charge in [-0.05, 0) is 48.8 Å². The maximum absolute atomic E-state index is 14.5. The summed E-state index contributed by atoms with van der Waals surface area (Å²) in [6.45, 7) is 7.52. The summed E-state index contributed by atoms with van der Waals surface area (Å²) in [4.78, 5) is 76.2. The van der Waals surface area contributed by atoms with Gasteiger partial charge in [0.2, 0.25) is 23.5 Å². The Morgan fingerprint density at radius 1 is 1.11 bits per heavy atom. The van der Waals surface area contributed by atoms with Crippen LogP contribution in [0, 0.1) is 11.3 Å². The number of carbonyl (C=O) groups is 5. The molecule has 4 atom stereocenters. The van der Waals surface area contributed by atoms with Crippen molar-refractivity contribution in [1.82, 2.24) is 25.9 Å². The van der Waals surface area contributed by atoms with E-state index in [1.807, 2.05) is 45.9 Å². The van der Waals surface area contributed by atoms with Crippen molar-refractivity contribution in [3.05, 3.63) is 40.9 Å². The number of amides is 4. The van der Waals surface area contributed by atoms with E-state index in [2.05, 4.69) is 16.1 Å². The summed E-state index contributed by atoms with van der Waals surface area (Å²) in [5, 5.41) is 6.34. The molecule has 3 aliphatic rings.